The van der Waals surface area contributed by atoms with Crippen LogP contribution in [0.5, 0.6) is 11.5 Å². The van der Waals surface area contributed by atoms with Crippen LogP contribution in [0.1, 0.15) is 5.56 Å². The molecule has 2 aromatic rings. The van der Waals surface area contributed by atoms with E-state index in [1.54, 1.807) is 11.9 Å². The summed E-state index contributed by atoms with van der Waals surface area (Å²) in [4.78, 5) is 13.7. The van der Waals surface area contributed by atoms with Crippen LogP contribution < -0.4 is 19.7 Å². The van der Waals surface area contributed by atoms with Gasteiger partial charge in [-0.2, -0.15) is 0 Å². The van der Waals surface area contributed by atoms with Crippen LogP contribution in [0.15, 0.2) is 48.5 Å². The van der Waals surface area contributed by atoms with Gasteiger partial charge in [-0.1, -0.05) is 24.3 Å². The Bertz CT molecular complexity index is 658. The summed E-state index contributed by atoms with van der Waals surface area (Å²) in [6, 6.07) is 15.3. The lowest BCUT2D eigenvalue weighted by molar-refractivity contribution is 0.174. The van der Waals surface area contributed by atoms with Gasteiger partial charge in [0.05, 0.1) is 0 Å². The van der Waals surface area contributed by atoms with Crippen molar-refractivity contribution in [3.63, 3.8) is 0 Å². The third-order valence-electron chi connectivity index (χ3n) is 3.58. The molecule has 22 heavy (non-hydrogen) atoms. The highest BCUT2D eigenvalue weighted by atomic mass is 16.7. The maximum absolute atomic E-state index is 12.1. The molecule has 114 valence electrons. The highest BCUT2D eigenvalue weighted by molar-refractivity contribution is 5.91. The Morgan fingerprint density at radius 2 is 1.91 bits per heavy atom. The van der Waals surface area contributed by atoms with Crippen molar-refractivity contribution in [3.8, 4) is 11.5 Å². The van der Waals surface area contributed by atoms with Crippen LogP contribution in [0.4, 0.5) is 10.5 Å². The van der Waals surface area contributed by atoms with Gasteiger partial charge < -0.3 is 14.8 Å². The molecule has 2 amide bonds. The van der Waals surface area contributed by atoms with Crippen LogP contribution in [-0.2, 0) is 6.42 Å². The Balaban J connectivity index is 1.51. The number of urea groups is 1. The molecule has 0 bridgehead atoms. The first-order valence-electron chi connectivity index (χ1n) is 7.19. The molecule has 0 atom stereocenters. The summed E-state index contributed by atoms with van der Waals surface area (Å²) in [6.45, 7) is 0.840. The van der Waals surface area contributed by atoms with Crippen molar-refractivity contribution in [1.29, 1.82) is 0 Å². The number of fused-ring (bicyclic) bond motifs is 1. The van der Waals surface area contributed by atoms with Gasteiger partial charge in [0.15, 0.2) is 11.5 Å². The molecular formula is C17H18N2O3. The predicted molar refractivity (Wildman–Crippen MR) is 84.5 cm³/mol. The lowest BCUT2D eigenvalue weighted by Gasteiger charge is -2.18. The summed E-state index contributed by atoms with van der Waals surface area (Å²) in [5.41, 5.74) is 1.97. The molecule has 0 radical (unpaired) electrons. The second-order valence-electron chi connectivity index (χ2n) is 5.06. The number of anilines is 1. The molecule has 5 nitrogen and oxygen atoms in total. The molecule has 0 saturated carbocycles. The number of carbonyl (C=O) groups is 1. The number of ether oxygens (including phenoxy) is 2. The Labute approximate surface area is 129 Å². The topological polar surface area (TPSA) is 50.8 Å². The average molecular weight is 298 g/mol. The van der Waals surface area contributed by atoms with Crippen molar-refractivity contribution < 1.29 is 14.3 Å². The summed E-state index contributed by atoms with van der Waals surface area (Å²) in [5, 5.41) is 2.91. The number of benzene rings is 2. The SMILES string of the molecule is CN(C(=O)NCCc1ccc2c(c1)OCO2)c1ccccc1. The minimum atomic E-state index is -0.119. The van der Waals surface area contributed by atoms with Gasteiger partial charge in [0, 0.05) is 19.3 Å². The van der Waals surface area contributed by atoms with E-state index in [1.807, 2.05) is 48.5 Å². The van der Waals surface area contributed by atoms with Crippen LogP contribution >= 0.6 is 0 Å². The molecule has 0 aliphatic carbocycles. The lowest BCUT2D eigenvalue weighted by atomic mass is 10.1. The fourth-order valence-electron chi connectivity index (χ4n) is 2.30. The smallest absolute Gasteiger partial charge is 0.321 e. The molecule has 1 N–H and O–H groups in total. The number of rotatable bonds is 4. The minimum absolute atomic E-state index is 0.119. The van der Waals surface area contributed by atoms with Crippen molar-refractivity contribution in [2.45, 2.75) is 6.42 Å². The third kappa shape index (κ3) is 3.14. The molecule has 5 heteroatoms. The van der Waals surface area contributed by atoms with E-state index in [2.05, 4.69) is 5.32 Å². The first-order valence-corrected chi connectivity index (χ1v) is 7.19. The summed E-state index contributed by atoms with van der Waals surface area (Å²) in [7, 11) is 1.76. The minimum Gasteiger partial charge on any atom is -0.454 e. The Morgan fingerprint density at radius 3 is 2.73 bits per heavy atom. The van der Waals surface area contributed by atoms with Gasteiger partial charge in [-0.15, -0.1) is 0 Å². The quantitative estimate of drug-likeness (QED) is 0.944. The number of carbonyl (C=O) groups excluding carboxylic acids is 1. The second-order valence-corrected chi connectivity index (χ2v) is 5.06. The first kappa shape index (κ1) is 14.3. The highest BCUT2D eigenvalue weighted by Gasteiger charge is 2.13. The van der Waals surface area contributed by atoms with Crippen LogP contribution in [0.2, 0.25) is 0 Å². The molecular weight excluding hydrogens is 280 g/mol. The number of hydrogen-bond acceptors (Lipinski definition) is 3. The number of nitrogens with zero attached hydrogens (tertiary/aromatic N) is 1. The van der Waals surface area contributed by atoms with Crippen molar-refractivity contribution in [2.75, 3.05) is 25.3 Å². The van der Waals surface area contributed by atoms with E-state index < -0.39 is 0 Å². The van der Waals surface area contributed by atoms with Crippen molar-refractivity contribution >= 4 is 11.7 Å². The van der Waals surface area contributed by atoms with E-state index in [4.69, 9.17) is 9.47 Å². The van der Waals surface area contributed by atoms with Gasteiger partial charge in [0.1, 0.15) is 0 Å². The van der Waals surface area contributed by atoms with E-state index in [-0.39, 0.29) is 12.8 Å². The van der Waals surface area contributed by atoms with Gasteiger partial charge in [-0.3, -0.25) is 4.90 Å². The fraction of sp³-hybridized carbons (Fsp3) is 0.235. The summed E-state index contributed by atoms with van der Waals surface area (Å²) < 4.78 is 10.6. The highest BCUT2D eigenvalue weighted by Crippen LogP contribution is 2.32. The Morgan fingerprint density at radius 1 is 1.14 bits per heavy atom. The summed E-state index contributed by atoms with van der Waals surface area (Å²) in [6.07, 6.45) is 0.741. The molecule has 1 aliphatic heterocycles. The molecule has 0 spiro atoms. The first-order chi connectivity index (χ1) is 10.7. The third-order valence-corrected chi connectivity index (χ3v) is 3.58. The number of hydrogen-bond donors (Lipinski definition) is 1. The maximum Gasteiger partial charge on any atom is 0.321 e. The molecule has 2 aromatic carbocycles. The van der Waals surface area contributed by atoms with Crippen LogP contribution in [0.3, 0.4) is 0 Å². The largest absolute Gasteiger partial charge is 0.454 e. The van der Waals surface area contributed by atoms with E-state index in [9.17, 15) is 4.79 Å². The van der Waals surface area contributed by atoms with E-state index in [0.717, 1.165) is 29.2 Å². The number of para-hydroxylation sites is 1. The lowest BCUT2D eigenvalue weighted by Crippen LogP contribution is -2.38. The van der Waals surface area contributed by atoms with Crippen LogP contribution in [0, 0.1) is 0 Å². The number of nitrogens with one attached hydrogen (secondary N) is 1. The molecule has 0 unspecified atom stereocenters. The molecule has 1 aliphatic rings. The standard InChI is InChI=1S/C17H18N2O3/c1-19(14-5-3-2-4-6-14)17(20)18-10-9-13-7-8-15-16(11-13)22-12-21-15/h2-8,11H,9-10,12H2,1H3,(H,18,20). The zero-order valence-electron chi connectivity index (χ0n) is 12.4. The van der Waals surface area contributed by atoms with Gasteiger partial charge in [0.25, 0.3) is 0 Å². The normalized spacial score (nSPS) is 12.0. The van der Waals surface area contributed by atoms with Crippen molar-refractivity contribution in [1.82, 2.24) is 5.32 Å². The van der Waals surface area contributed by atoms with Crippen LogP contribution in [-0.4, -0.2) is 26.4 Å². The fourth-order valence-corrected chi connectivity index (χ4v) is 2.30. The van der Waals surface area contributed by atoms with E-state index >= 15 is 0 Å². The molecule has 3 rings (SSSR count). The van der Waals surface area contributed by atoms with Crippen molar-refractivity contribution in [3.05, 3.63) is 54.1 Å². The summed E-state index contributed by atoms with van der Waals surface area (Å²) in [5.74, 6) is 1.54. The van der Waals surface area contributed by atoms with E-state index in [0.29, 0.717) is 6.54 Å². The zero-order valence-corrected chi connectivity index (χ0v) is 12.4. The molecule has 0 saturated heterocycles. The van der Waals surface area contributed by atoms with Gasteiger partial charge in [-0.05, 0) is 36.2 Å². The van der Waals surface area contributed by atoms with Gasteiger partial charge in [0.2, 0.25) is 6.79 Å². The monoisotopic (exact) mass is 298 g/mol. The van der Waals surface area contributed by atoms with E-state index in [1.165, 1.54) is 0 Å². The predicted octanol–water partition coefficient (Wildman–Crippen LogP) is 2.80. The summed E-state index contributed by atoms with van der Waals surface area (Å²) >= 11 is 0. The molecule has 1 heterocycles. The average Bonchev–Trinajstić information content (AvgIpc) is 3.02. The van der Waals surface area contributed by atoms with Crippen LogP contribution in [0.25, 0.3) is 0 Å². The van der Waals surface area contributed by atoms with Gasteiger partial charge in [-0.25, -0.2) is 4.79 Å². The maximum atomic E-state index is 12.1. The number of amides is 2. The van der Waals surface area contributed by atoms with Crippen molar-refractivity contribution in [2.24, 2.45) is 0 Å². The zero-order chi connectivity index (χ0) is 15.4. The molecule has 0 fully saturated rings. The second kappa shape index (κ2) is 6.39. The van der Waals surface area contributed by atoms with Gasteiger partial charge >= 0.3 is 6.03 Å². The molecule has 0 aromatic heterocycles. The Hall–Kier alpha value is -2.69. The Kier molecular flexibility index (Phi) is 4.14.